The molecule has 0 atom stereocenters. The summed E-state index contributed by atoms with van der Waals surface area (Å²) in [6, 6.07) is 7.60. The van der Waals surface area contributed by atoms with Crippen LogP contribution in [0.15, 0.2) is 68.1 Å². The zero-order chi connectivity index (χ0) is 22.1. The number of rotatable bonds is 6. The standard InChI is InChI=1S/C19H14FN5O5S/c1-23-7-6-21-18(23)31-16-5-2-11(20)8-13(16)22-17(26)10-24-14-4-3-12(25(28)29)9-15(14)30-19(24)27/h2-9H,10H2,1H3,(H,22,26). The summed E-state index contributed by atoms with van der Waals surface area (Å²) in [4.78, 5) is 39.8. The molecule has 4 rings (SSSR count). The lowest BCUT2D eigenvalue weighted by molar-refractivity contribution is -0.384. The number of aromatic nitrogens is 3. The van der Waals surface area contributed by atoms with E-state index in [0.29, 0.717) is 10.1 Å². The molecule has 0 bridgehead atoms. The molecular weight excluding hydrogens is 429 g/mol. The van der Waals surface area contributed by atoms with Crippen molar-refractivity contribution < 1.29 is 18.5 Å². The van der Waals surface area contributed by atoms with Crippen LogP contribution in [0.2, 0.25) is 0 Å². The number of amides is 1. The third-order valence-electron chi connectivity index (χ3n) is 4.36. The fourth-order valence-corrected chi connectivity index (χ4v) is 3.76. The van der Waals surface area contributed by atoms with Crippen LogP contribution in [-0.4, -0.2) is 24.9 Å². The predicted molar refractivity (Wildman–Crippen MR) is 109 cm³/mol. The number of carbonyl (C=O) groups excluding carboxylic acids is 1. The van der Waals surface area contributed by atoms with Crippen molar-refractivity contribution in [3.63, 3.8) is 0 Å². The van der Waals surface area contributed by atoms with Gasteiger partial charge in [0.25, 0.3) is 5.69 Å². The highest BCUT2D eigenvalue weighted by molar-refractivity contribution is 7.99. The van der Waals surface area contributed by atoms with Crippen molar-refractivity contribution in [1.82, 2.24) is 14.1 Å². The first kappa shape index (κ1) is 20.3. The minimum atomic E-state index is -0.840. The molecule has 1 N–H and O–H groups in total. The Morgan fingerprint density at radius 3 is 2.84 bits per heavy atom. The molecule has 0 unspecified atom stereocenters. The van der Waals surface area contributed by atoms with Gasteiger partial charge in [0.1, 0.15) is 12.4 Å². The number of hydrogen-bond donors (Lipinski definition) is 1. The first-order chi connectivity index (χ1) is 14.8. The first-order valence-corrected chi connectivity index (χ1v) is 9.66. The van der Waals surface area contributed by atoms with Crippen molar-refractivity contribution in [2.75, 3.05) is 5.32 Å². The minimum Gasteiger partial charge on any atom is -0.407 e. The Balaban J connectivity index is 1.59. The second-order valence-corrected chi connectivity index (χ2v) is 7.48. The molecule has 158 valence electrons. The summed E-state index contributed by atoms with van der Waals surface area (Å²) in [6.07, 6.45) is 3.37. The lowest BCUT2D eigenvalue weighted by atomic mass is 10.3. The molecule has 0 saturated carbocycles. The van der Waals surface area contributed by atoms with Crippen LogP contribution >= 0.6 is 11.8 Å². The summed E-state index contributed by atoms with van der Waals surface area (Å²) >= 11 is 1.24. The highest BCUT2D eigenvalue weighted by Gasteiger charge is 2.17. The van der Waals surface area contributed by atoms with Gasteiger partial charge in [-0.2, -0.15) is 0 Å². The molecule has 0 saturated heterocycles. The van der Waals surface area contributed by atoms with Crippen LogP contribution in [-0.2, 0) is 18.4 Å². The van der Waals surface area contributed by atoms with Gasteiger partial charge in [-0.05, 0) is 36.0 Å². The summed E-state index contributed by atoms with van der Waals surface area (Å²) < 4.78 is 21.6. The van der Waals surface area contributed by atoms with Crippen LogP contribution in [0, 0.1) is 15.9 Å². The lowest BCUT2D eigenvalue weighted by Crippen LogP contribution is -2.25. The van der Waals surface area contributed by atoms with Gasteiger partial charge in [0, 0.05) is 30.4 Å². The number of halogens is 1. The Morgan fingerprint density at radius 1 is 1.32 bits per heavy atom. The molecule has 1 amide bonds. The van der Waals surface area contributed by atoms with Crippen molar-refractivity contribution in [2.45, 2.75) is 16.6 Å². The van der Waals surface area contributed by atoms with Crippen molar-refractivity contribution in [3.8, 4) is 0 Å². The number of fused-ring (bicyclic) bond motifs is 1. The molecular formula is C19H14FN5O5S. The molecule has 0 fully saturated rings. The zero-order valence-corrected chi connectivity index (χ0v) is 16.8. The number of nitrogens with zero attached hydrogens (tertiary/aromatic N) is 4. The second kappa shape index (κ2) is 8.07. The Labute approximate surface area is 177 Å². The van der Waals surface area contributed by atoms with Gasteiger partial charge in [0.05, 0.1) is 22.2 Å². The van der Waals surface area contributed by atoms with E-state index in [4.69, 9.17) is 4.42 Å². The molecule has 31 heavy (non-hydrogen) atoms. The van der Waals surface area contributed by atoms with Gasteiger partial charge in [-0.3, -0.25) is 19.5 Å². The van der Waals surface area contributed by atoms with Crippen molar-refractivity contribution in [1.29, 1.82) is 0 Å². The number of nitrogens with one attached hydrogen (secondary N) is 1. The van der Waals surface area contributed by atoms with Crippen LogP contribution in [0.5, 0.6) is 0 Å². The van der Waals surface area contributed by atoms with Gasteiger partial charge >= 0.3 is 5.76 Å². The predicted octanol–water partition coefficient (Wildman–Crippen LogP) is 3.17. The maximum atomic E-state index is 13.8. The van der Waals surface area contributed by atoms with E-state index >= 15 is 0 Å². The van der Waals surface area contributed by atoms with Crippen LogP contribution in [0.1, 0.15) is 0 Å². The highest BCUT2D eigenvalue weighted by atomic mass is 32.2. The largest absolute Gasteiger partial charge is 0.420 e. The van der Waals surface area contributed by atoms with Crippen molar-refractivity contribution in [2.24, 2.45) is 7.05 Å². The van der Waals surface area contributed by atoms with E-state index in [9.17, 15) is 24.1 Å². The first-order valence-electron chi connectivity index (χ1n) is 8.84. The maximum Gasteiger partial charge on any atom is 0.420 e. The van der Waals surface area contributed by atoms with E-state index < -0.39 is 28.9 Å². The summed E-state index contributed by atoms with van der Waals surface area (Å²) in [5.74, 6) is -1.99. The molecule has 0 aliphatic rings. The lowest BCUT2D eigenvalue weighted by Gasteiger charge is -2.11. The highest BCUT2D eigenvalue weighted by Crippen LogP contribution is 2.33. The number of non-ortho nitro benzene ring substituents is 1. The Hall–Kier alpha value is -3.93. The average Bonchev–Trinajstić information content (AvgIpc) is 3.26. The second-order valence-electron chi connectivity index (χ2n) is 6.47. The summed E-state index contributed by atoms with van der Waals surface area (Å²) in [5, 5.41) is 14.1. The summed E-state index contributed by atoms with van der Waals surface area (Å²) in [5.41, 5.74) is 0.194. The minimum absolute atomic E-state index is 0.0104. The van der Waals surface area contributed by atoms with Crippen LogP contribution in [0.4, 0.5) is 15.8 Å². The fraction of sp³-hybridized carbons (Fsp3) is 0.105. The number of nitro benzene ring substituents is 1. The number of hydrogen-bond acceptors (Lipinski definition) is 7. The molecule has 0 radical (unpaired) electrons. The molecule has 0 aliphatic carbocycles. The third kappa shape index (κ3) is 4.19. The van der Waals surface area contributed by atoms with Gasteiger partial charge in [-0.15, -0.1) is 0 Å². The van der Waals surface area contributed by atoms with E-state index in [-0.39, 0.29) is 22.5 Å². The number of nitro groups is 1. The van der Waals surface area contributed by atoms with E-state index in [0.717, 1.165) is 10.6 Å². The monoisotopic (exact) mass is 443 g/mol. The fourth-order valence-electron chi connectivity index (χ4n) is 2.89. The topological polar surface area (TPSA) is 125 Å². The number of imidazole rings is 1. The SMILES string of the molecule is Cn1ccnc1Sc1ccc(F)cc1NC(=O)Cn1c(=O)oc2cc([N+](=O)[O-])ccc21. The van der Waals surface area contributed by atoms with E-state index in [1.807, 2.05) is 0 Å². The molecule has 0 spiro atoms. The smallest absolute Gasteiger partial charge is 0.407 e. The molecule has 10 nitrogen and oxygen atoms in total. The van der Waals surface area contributed by atoms with Gasteiger partial charge in [-0.1, -0.05) is 0 Å². The quantitative estimate of drug-likeness (QED) is 0.358. The number of aryl methyl sites for hydroxylation is 1. The van der Waals surface area contributed by atoms with Gasteiger partial charge in [-0.25, -0.2) is 14.2 Å². The van der Waals surface area contributed by atoms with Crippen LogP contribution < -0.4 is 11.1 Å². The van der Waals surface area contributed by atoms with E-state index in [2.05, 4.69) is 10.3 Å². The van der Waals surface area contributed by atoms with Gasteiger partial charge in [0.2, 0.25) is 5.91 Å². The Bertz CT molecular complexity index is 1380. The van der Waals surface area contributed by atoms with Crippen LogP contribution in [0.25, 0.3) is 11.1 Å². The van der Waals surface area contributed by atoms with Crippen LogP contribution in [0.3, 0.4) is 0 Å². The molecule has 2 aromatic heterocycles. The number of anilines is 1. The molecule has 0 aliphatic heterocycles. The van der Waals surface area contributed by atoms with Crippen molar-refractivity contribution in [3.05, 3.63) is 75.3 Å². The number of benzene rings is 2. The Kier molecular flexibility index (Phi) is 5.29. The zero-order valence-electron chi connectivity index (χ0n) is 15.9. The number of carbonyl (C=O) groups is 1. The maximum absolute atomic E-state index is 13.8. The molecule has 2 heterocycles. The summed E-state index contributed by atoms with van der Waals surface area (Å²) in [6.45, 7) is -0.424. The molecule has 12 heteroatoms. The van der Waals surface area contributed by atoms with Gasteiger partial charge in [0.15, 0.2) is 10.7 Å². The average molecular weight is 443 g/mol. The van der Waals surface area contributed by atoms with Gasteiger partial charge < -0.3 is 14.3 Å². The Morgan fingerprint density at radius 2 is 2.13 bits per heavy atom. The normalized spacial score (nSPS) is 11.0. The van der Waals surface area contributed by atoms with E-state index in [1.165, 1.54) is 42.1 Å². The number of oxazole rings is 1. The molecule has 4 aromatic rings. The van der Waals surface area contributed by atoms with Crippen molar-refractivity contribution >= 4 is 40.1 Å². The molecule has 2 aromatic carbocycles. The van der Waals surface area contributed by atoms with E-state index in [1.54, 1.807) is 24.0 Å². The third-order valence-corrected chi connectivity index (χ3v) is 5.51. The summed E-state index contributed by atoms with van der Waals surface area (Å²) in [7, 11) is 1.80.